The van der Waals surface area contributed by atoms with Crippen molar-refractivity contribution >= 4 is 0 Å². The van der Waals surface area contributed by atoms with E-state index in [2.05, 4.69) is 19.7 Å². The average molecular weight is 318 g/mol. The molecule has 10 heavy (non-hydrogen) atoms. The van der Waals surface area contributed by atoms with Crippen molar-refractivity contribution < 1.29 is 17.3 Å². The van der Waals surface area contributed by atoms with Crippen LogP contribution >= 0.6 is 0 Å². The van der Waals surface area contributed by atoms with Gasteiger partial charge in [-0.3, -0.25) is 0 Å². The summed E-state index contributed by atoms with van der Waals surface area (Å²) in [6.45, 7) is 11.2. The molecule has 0 spiro atoms. The third-order valence-electron chi connectivity index (χ3n) is 0.822. The Morgan fingerprint density at radius 2 is 1.10 bits per heavy atom. The fourth-order valence-electron chi connectivity index (χ4n) is 0.545. The predicted octanol–water partition coefficient (Wildman–Crippen LogP) is 3.42. The molecule has 0 bridgehead atoms. The van der Waals surface area contributed by atoms with Crippen LogP contribution in [-0.4, -0.2) is 0 Å². The predicted molar refractivity (Wildman–Crippen MR) is 45.0 cm³/mol. The fraction of sp³-hybridized carbons (Fsp3) is 0.333. The standard InChI is InChI=1S/3C3H5.Pt/c3*1-3-2;/h3*3H,1-2H2;. The first-order chi connectivity index (χ1) is 4.85. The molecule has 0 aromatic heterocycles. The van der Waals surface area contributed by atoms with E-state index in [9.17, 15) is 0 Å². The van der Waals surface area contributed by atoms with Gasteiger partial charge < -0.3 is 0 Å². The fourth-order valence-corrected chi connectivity index (χ4v) is 4.46. The Hall–Kier alpha value is -0.0917. The molecule has 0 amide bonds. The molecule has 0 aromatic rings. The Bertz CT molecular complexity index is 92.1. The maximum absolute atomic E-state index is 3.74. The first kappa shape index (κ1) is 9.91. The SMILES string of the molecule is C=C[CH2][Pt]([CH2]C=C)[CH2]C=C. The molecule has 0 unspecified atom stereocenters. The van der Waals surface area contributed by atoms with Gasteiger partial charge >= 0.3 is 69.7 Å². The van der Waals surface area contributed by atoms with Crippen molar-refractivity contribution in [3.63, 3.8) is 0 Å². The molecule has 61 valence electrons. The molecule has 1 heteroatoms. The molecule has 0 saturated carbocycles. The minimum atomic E-state index is -0.756. The van der Waals surface area contributed by atoms with E-state index >= 15 is 0 Å². The summed E-state index contributed by atoms with van der Waals surface area (Å²) in [6, 6.07) is 0. The van der Waals surface area contributed by atoms with Gasteiger partial charge in [0, 0.05) is 0 Å². The molecule has 0 fully saturated rings. The molecule has 0 heterocycles. The van der Waals surface area contributed by atoms with E-state index in [-0.39, 0.29) is 0 Å². The molecule has 0 saturated heterocycles. The summed E-state index contributed by atoms with van der Waals surface area (Å²) < 4.78 is 0. The van der Waals surface area contributed by atoms with Gasteiger partial charge in [-0.05, 0) is 0 Å². The zero-order valence-electron chi connectivity index (χ0n) is 6.29. The van der Waals surface area contributed by atoms with Gasteiger partial charge in [-0.1, -0.05) is 0 Å². The minimum absolute atomic E-state index is 0.756. The number of hydrogen-bond acceptors (Lipinski definition) is 0. The summed E-state index contributed by atoms with van der Waals surface area (Å²) in [7, 11) is 0. The van der Waals surface area contributed by atoms with Crippen LogP contribution < -0.4 is 0 Å². The van der Waals surface area contributed by atoms with Crippen LogP contribution in [0.15, 0.2) is 38.0 Å². The van der Waals surface area contributed by atoms with Crippen molar-refractivity contribution in [3.8, 4) is 0 Å². The third kappa shape index (κ3) is 4.76. The maximum atomic E-state index is 3.74. The Balaban J connectivity index is 3.58. The van der Waals surface area contributed by atoms with Gasteiger partial charge in [0.05, 0.1) is 0 Å². The van der Waals surface area contributed by atoms with E-state index in [1.54, 1.807) is 0 Å². The molecule has 0 radical (unpaired) electrons. The number of hydrogen-bond donors (Lipinski definition) is 0. The Morgan fingerprint density at radius 1 is 0.800 bits per heavy atom. The van der Waals surface area contributed by atoms with E-state index in [1.165, 1.54) is 14.4 Å². The van der Waals surface area contributed by atoms with Crippen LogP contribution in [0.5, 0.6) is 0 Å². The second-order valence-corrected chi connectivity index (χ2v) is 7.92. The monoisotopic (exact) mass is 318 g/mol. The molecule has 0 N–H and O–H groups in total. The van der Waals surface area contributed by atoms with Gasteiger partial charge in [0.1, 0.15) is 0 Å². The van der Waals surface area contributed by atoms with Crippen LogP contribution in [0.3, 0.4) is 0 Å². The van der Waals surface area contributed by atoms with Crippen LogP contribution in [0.25, 0.3) is 0 Å². The molecule has 0 aromatic carbocycles. The molecule has 0 rings (SSSR count). The van der Waals surface area contributed by atoms with Gasteiger partial charge in [-0.15, -0.1) is 0 Å². The van der Waals surface area contributed by atoms with E-state index in [1.807, 2.05) is 18.2 Å². The van der Waals surface area contributed by atoms with Gasteiger partial charge in [0.25, 0.3) is 0 Å². The van der Waals surface area contributed by atoms with Gasteiger partial charge in [-0.2, -0.15) is 0 Å². The summed E-state index contributed by atoms with van der Waals surface area (Å²) in [5.41, 5.74) is 0. The summed E-state index contributed by atoms with van der Waals surface area (Å²) in [5, 5.41) is 0. The molecule has 0 nitrogen and oxygen atoms in total. The number of allylic oxidation sites excluding steroid dienone is 3. The van der Waals surface area contributed by atoms with Gasteiger partial charge in [0.2, 0.25) is 0 Å². The first-order valence-electron chi connectivity index (χ1n) is 3.12. The van der Waals surface area contributed by atoms with Crippen molar-refractivity contribution in [2.45, 2.75) is 14.4 Å². The van der Waals surface area contributed by atoms with Crippen molar-refractivity contribution in [1.82, 2.24) is 0 Å². The summed E-state index contributed by atoms with van der Waals surface area (Å²) in [5.74, 6) is 0. The molecule has 0 atom stereocenters. The zero-order chi connectivity index (χ0) is 7.82. The summed E-state index contributed by atoms with van der Waals surface area (Å²) in [6.07, 6.45) is 6.08. The quantitative estimate of drug-likeness (QED) is 0.658. The normalized spacial score (nSPS) is 10.2. The van der Waals surface area contributed by atoms with Crippen molar-refractivity contribution in [1.29, 1.82) is 0 Å². The van der Waals surface area contributed by atoms with E-state index in [0.717, 1.165) is 0 Å². The van der Waals surface area contributed by atoms with Crippen LogP contribution in [0.4, 0.5) is 0 Å². The summed E-state index contributed by atoms with van der Waals surface area (Å²) in [4.78, 5) is 3.67. The summed E-state index contributed by atoms with van der Waals surface area (Å²) >= 11 is -0.756. The van der Waals surface area contributed by atoms with Crippen LogP contribution in [0, 0.1) is 0 Å². The molecular weight excluding hydrogens is 303 g/mol. The Morgan fingerprint density at radius 3 is 1.30 bits per heavy atom. The second-order valence-electron chi connectivity index (χ2n) is 1.73. The Kier molecular flexibility index (Phi) is 6.96. The van der Waals surface area contributed by atoms with Crippen molar-refractivity contribution in [2.24, 2.45) is 0 Å². The molecular formula is C9H15Pt. The van der Waals surface area contributed by atoms with Crippen LogP contribution in [0.2, 0.25) is 14.4 Å². The van der Waals surface area contributed by atoms with E-state index < -0.39 is 17.3 Å². The molecule has 0 aliphatic rings. The number of rotatable bonds is 6. The van der Waals surface area contributed by atoms with Crippen LogP contribution in [-0.2, 0) is 17.3 Å². The topological polar surface area (TPSA) is 0 Å². The first-order valence-corrected chi connectivity index (χ1v) is 7.94. The van der Waals surface area contributed by atoms with Crippen molar-refractivity contribution in [2.75, 3.05) is 0 Å². The average Bonchev–Trinajstić information content (AvgIpc) is 1.90. The van der Waals surface area contributed by atoms with Gasteiger partial charge in [-0.25, -0.2) is 0 Å². The third-order valence-corrected chi connectivity index (χ3v) is 6.72. The molecule has 0 aliphatic heterocycles. The van der Waals surface area contributed by atoms with Crippen LogP contribution in [0.1, 0.15) is 0 Å². The zero-order valence-corrected chi connectivity index (χ0v) is 8.56. The molecule has 0 aliphatic carbocycles. The second kappa shape index (κ2) is 7.02. The van der Waals surface area contributed by atoms with E-state index in [4.69, 9.17) is 0 Å². The van der Waals surface area contributed by atoms with Gasteiger partial charge in [0.15, 0.2) is 0 Å². The van der Waals surface area contributed by atoms with E-state index in [0.29, 0.717) is 0 Å². The van der Waals surface area contributed by atoms with Crippen molar-refractivity contribution in [3.05, 3.63) is 38.0 Å². The Labute approximate surface area is 69.9 Å².